The maximum absolute atomic E-state index is 12.6. The van der Waals surface area contributed by atoms with Gasteiger partial charge in [-0.05, 0) is 55.9 Å². The van der Waals surface area contributed by atoms with Crippen molar-refractivity contribution in [3.05, 3.63) is 24.3 Å². The predicted molar refractivity (Wildman–Crippen MR) is 109 cm³/mol. The molecule has 2 atom stereocenters. The lowest BCUT2D eigenvalue weighted by atomic mass is 9.99. The minimum absolute atomic E-state index is 0.0605. The van der Waals surface area contributed by atoms with Crippen LogP contribution >= 0.6 is 0 Å². The van der Waals surface area contributed by atoms with E-state index >= 15 is 0 Å². The Morgan fingerprint density at radius 3 is 2.61 bits per heavy atom. The van der Waals surface area contributed by atoms with Crippen molar-refractivity contribution in [2.24, 2.45) is 11.8 Å². The third-order valence-corrected chi connectivity index (χ3v) is 6.32. The Hall–Kier alpha value is -2.08. The lowest BCUT2D eigenvalue weighted by Gasteiger charge is -2.32. The average molecular weight is 386 g/mol. The smallest absolute Gasteiger partial charge is 0.229 e. The number of ether oxygens (including phenoxy) is 1. The number of hydrogen-bond donors (Lipinski definition) is 1. The molecule has 1 aromatic rings. The normalized spacial score (nSPS) is 26.1. The van der Waals surface area contributed by atoms with Gasteiger partial charge in [0.1, 0.15) is 0 Å². The highest BCUT2D eigenvalue weighted by molar-refractivity contribution is 5.97. The molecule has 0 saturated carbocycles. The number of anilines is 2. The molecule has 3 fully saturated rings. The molecule has 0 radical (unpaired) electrons. The van der Waals surface area contributed by atoms with Crippen LogP contribution in [0.3, 0.4) is 0 Å². The summed E-state index contributed by atoms with van der Waals surface area (Å²) in [6.45, 7) is 6.39. The first kappa shape index (κ1) is 19.2. The van der Waals surface area contributed by atoms with Crippen LogP contribution < -0.4 is 10.2 Å². The molecular formula is C22H31N3O3. The van der Waals surface area contributed by atoms with E-state index in [1.807, 2.05) is 12.1 Å². The zero-order chi connectivity index (χ0) is 19.5. The van der Waals surface area contributed by atoms with Gasteiger partial charge in [-0.1, -0.05) is 6.92 Å². The highest BCUT2D eigenvalue weighted by atomic mass is 16.5. The summed E-state index contributed by atoms with van der Waals surface area (Å²) in [4.78, 5) is 29.1. The van der Waals surface area contributed by atoms with Crippen molar-refractivity contribution in [3.8, 4) is 0 Å². The molecule has 3 aliphatic heterocycles. The van der Waals surface area contributed by atoms with E-state index in [1.165, 1.54) is 18.5 Å². The highest BCUT2D eigenvalue weighted by Crippen LogP contribution is 2.26. The van der Waals surface area contributed by atoms with Crippen LogP contribution in [-0.4, -0.2) is 55.6 Å². The summed E-state index contributed by atoms with van der Waals surface area (Å²) in [5, 5.41) is 2.99. The van der Waals surface area contributed by atoms with E-state index in [2.05, 4.69) is 29.3 Å². The van der Waals surface area contributed by atoms with E-state index in [0.717, 1.165) is 44.1 Å². The maximum Gasteiger partial charge on any atom is 0.229 e. The fourth-order valence-electron chi connectivity index (χ4n) is 4.43. The SMILES string of the molecule is CC1CCN(c2ccc(NC(=O)C3CC(=O)N(CC4CCCO4)C3)cc2)CC1. The number of rotatable bonds is 5. The molecular weight excluding hydrogens is 354 g/mol. The van der Waals surface area contributed by atoms with Crippen molar-refractivity contribution in [1.82, 2.24) is 4.90 Å². The Labute approximate surface area is 167 Å². The van der Waals surface area contributed by atoms with Gasteiger partial charge in [-0.15, -0.1) is 0 Å². The number of carbonyl (C=O) groups excluding carboxylic acids is 2. The Morgan fingerprint density at radius 1 is 1.18 bits per heavy atom. The van der Waals surface area contributed by atoms with Gasteiger partial charge in [0, 0.05) is 50.6 Å². The number of hydrogen-bond acceptors (Lipinski definition) is 4. The summed E-state index contributed by atoms with van der Waals surface area (Å²) in [5.41, 5.74) is 2.01. The minimum atomic E-state index is -0.280. The summed E-state index contributed by atoms with van der Waals surface area (Å²) in [6, 6.07) is 8.09. The molecule has 4 rings (SSSR count). The molecule has 3 aliphatic rings. The molecule has 6 heteroatoms. The standard InChI is InChI=1S/C22H31N3O3/c1-16-8-10-24(11-9-16)19-6-4-18(5-7-19)23-22(27)17-13-21(26)25(14-17)15-20-3-2-12-28-20/h4-7,16-17,20H,2-3,8-15H2,1H3,(H,23,27). The Kier molecular flexibility index (Phi) is 5.85. The summed E-state index contributed by atoms with van der Waals surface area (Å²) >= 11 is 0. The van der Waals surface area contributed by atoms with Crippen molar-refractivity contribution in [3.63, 3.8) is 0 Å². The largest absolute Gasteiger partial charge is 0.376 e. The molecule has 2 amide bonds. The second kappa shape index (κ2) is 8.52. The quantitative estimate of drug-likeness (QED) is 0.847. The van der Waals surface area contributed by atoms with Gasteiger partial charge in [-0.2, -0.15) is 0 Å². The van der Waals surface area contributed by atoms with Crippen LogP contribution in [0.4, 0.5) is 11.4 Å². The Balaban J connectivity index is 1.29. The third-order valence-electron chi connectivity index (χ3n) is 6.32. The topological polar surface area (TPSA) is 61.9 Å². The second-order valence-electron chi connectivity index (χ2n) is 8.54. The summed E-state index contributed by atoms with van der Waals surface area (Å²) in [5.74, 6) is 0.522. The van der Waals surface area contributed by atoms with Crippen LogP contribution in [0.2, 0.25) is 0 Å². The van der Waals surface area contributed by atoms with Crippen LogP contribution in [0.5, 0.6) is 0 Å². The van der Waals surface area contributed by atoms with Gasteiger partial charge >= 0.3 is 0 Å². The Morgan fingerprint density at radius 2 is 1.93 bits per heavy atom. The van der Waals surface area contributed by atoms with E-state index in [4.69, 9.17) is 4.74 Å². The van der Waals surface area contributed by atoms with Gasteiger partial charge in [0.15, 0.2) is 0 Å². The van der Waals surface area contributed by atoms with Crippen LogP contribution in [0.1, 0.15) is 39.0 Å². The van der Waals surface area contributed by atoms with E-state index in [9.17, 15) is 9.59 Å². The van der Waals surface area contributed by atoms with Crippen LogP contribution in [-0.2, 0) is 14.3 Å². The molecule has 0 spiro atoms. The number of piperidine rings is 1. The lowest BCUT2D eigenvalue weighted by molar-refractivity contribution is -0.129. The number of amides is 2. The number of likely N-dealkylation sites (tertiary alicyclic amines) is 1. The number of carbonyl (C=O) groups is 2. The van der Waals surface area contributed by atoms with Gasteiger partial charge < -0.3 is 19.9 Å². The molecule has 2 unspecified atom stereocenters. The molecule has 0 aliphatic carbocycles. The minimum Gasteiger partial charge on any atom is -0.376 e. The monoisotopic (exact) mass is 385 g/mol. The lowest BCUT2D eigenvalue weighted by Crippen LogP contribution is -2.34. The third kappa shape index (κ3) is 4.49. The van der Waals surface area contributed by atoms with Crippen molar-refractivity contribution in [1.29, 1.82) is 0 Å². The number of benzene rings is 1. The molecule has 152 valence electrons. The van der Waals surface area contributed by atoms with E-state index in [1.54, 1.807) is 4.90 Å². The van der Waals surface area contributed by atoms with Crippen molar-refractivity contribution < 1.29 is 14.3 Å². The molecule has 3 saturated heterocycles. The van der Waals surface area contributed by atoms with Gasteiger partial charge in [0.2, 0.25) is 11.8 Å². The van der Waals surface area contributed by atoms with Gasteiger partial charge in [0.25, 0.3) is 0 Å². The van der Waals surface area contributed by atoms with Crippen LogP contribution in [0.15, 0.2) is 24.3 Å². The molecule has 1 aromatic carbocycles. The molecule has 0 aromatic heterocycles. The number of nitrogens with zero attached hydrogens (tertiary/aromatic N) is 2. The summed E-state index contributed by atoms with van der Waals surface area (Å²) in [6.07, 6.45) is 4.96. The average Bonchev–Trinajstić information content (AvgIpc) is 3.34. The maximum atomic E-state index is 12.6. The first-order valence-corrected chi connectivity index (χ1v) is 10.6. The second-order valence-corrected chi connectivity index (χ2v) is 8.54. The number of nitrogens with one attached hydrogen (secondary N) is 1. The summed E-state index contributed by atoms with van der Waals surface area (Å²) in [7, 11) is 0. The van der Waals surface area contributed by atoms with Crippen LogP contribution in [0.25, 0.3) is 0 Å². The summed E-state index contributed by atoms with van der Waals surface area (Å²) < 4.78 is 5.62. The first-order valence-electron chi connectivity index (χ1n) is 10.6. The fraction of sp³-hybridized carbons (Fsp3) is 0.636. The van der Waals surface area contributed by atoms with Crippen molar-refractivity contribution >= 4 is 23.2 Å². The van der Waals surface area contributed by atoms with Gasteiger partial charge in [-0.3, -0.25) is 9.59 Å². The molecule has 3 heterocycles. The zero-order valence-corrected chi connectivity index (χ0v) is 16.7. The predicted octanol–water partition coefficient (Wildman–Crippen LogP) is 2.89. The van der Waals surface area contributed by atoms with Crippen molar-refractivity contribution in [2.75, 3.05) is 43.0 Å². The van der Waals surface area contributed by atoms with Crippen molar-refractivity contribution in [2.45, 2.75) is 45.1 Å². The Bertz CT molecular complexity index is 691. The molecule has 28 heavy (non-hydrogen) atoms. The molecule has 0 bridgehead atoms. The highest BCUT2D eigenvalue weighted by Gasteiger charge is 2.36. The van der Waals surface area contributed by atoms with Gasteiger partial charge in [0.05, 0.1) is 12.0 Å². The molecule has 6 nitrogen and oxygen atoms in total. The van der Waals surface area contributed by atoms with E-state index < -0.39 is 0 Å². The first-order chi connectivity index (χ1) is 13.6. The zero-order valence-electron chi connectivity index (χ0n) is 16.7. The van der Waals surface area contributed by atoms with Crippen LogP contribution in [0, 0.1) is 11.8 Å². The van der Waals surface area contributed by atoms with E-state index in [-0.39, 0.29) is 23.8 Å². The van der Waals surface area contributed by atoms with Gasteiger partial charge in [-0.25, -0.2) is 0 Å². The molecule has 1 N–H and O–H groups in total. The van der Waals surface area contributed by atoms with E-state index in [0.29, 0.717) is 19.5 Å². The fourth-order valence-corrected chi connectivity index (χ4v) is 4.43.